The van der Waals surface area contributed by atoms with Crippen molar-refractivity contribution in [3.63, 3.8) is 0 Å². The Morgan fingerprint density at radius 3 is 2.10 bits per heavy atom. The van der Waals surface area contributed by atoms with Gasteiger partial charge in [0, 0.05) is 11.4 Å². The van der Waals surface area contributed by atoms with Crippen molar-refractivity contribution >= 4 is 0 Å². The second kappa shape index (κ2) is 5.76. The van der Waals surface area contributed by atoms with E-state index in [1.165, 1.54) is 27.8 Å². The summed E-state index contributed by atoms with van der Waals surface area (Å²) in [7, 11) is 2.01. The number of pyridine rings is 1. The Balaban J connectivity index is 2.55. The van der Waals surface area contributed by atoms with Gasteiger partial charge in [-0.1, -0.05) is 18.2 Å². The van der Waals surface area contributed by atoms with Gasteiger partial charge in [0.25, 0.3) is 0 Å². The molecule has 2 heteroatoms. The Bertz CT molecular complexity index is 630. The van der Waals surface area contributed by atoms with Gasteiger partial charge >= 0.3 is 0 Å². The summed E-state index contributed by atoms with van der Waals surface area (Å²) in [6.45, 7) is 10.6. The topological polar surface area (TPSA) is 24.9 Å². The fourth-order valence-electron chi connectivity index (χ4n) is 2.77. The minimum Gasteiger partial charge on any atom is -0.309 e. The molecule has 0 aliphatic rings. The Morgan fingerprint density at radius 2 is 1.50 bits per heavy atom. The van der Waals surface area contributed by atoms with E-state index < -0.39 is 0 Å². The molecule has 0 aliphatic heterocycles. The van der Waals surface area contributed by atoms with Crippen molar-refractivity contribution in [2.24, 2.45) is 0 Å². The van der Waals surface area contributed by atoms with E-state index in [0.29, 0.717) is 0 Å². The van der Waals surface area contributed by atoms with Crippen LogP contribution in [0.5, 0.6) is 0 Å². The van der Waals surface area contributed by atoms with Crippen molar-refractivity contribution in [2.75, 3.05) is 7.05 Å². The van der Waals surface area contributed by atoms with Crippen LogP contribution in [0.3, 0.4) is 0 Å². The Kier molecular flexibility index (Phi) is 4.24. The zero-order valence-electron chi connectivity index (χ0n) is 13.3. The smallest absolute Gasteiger partial charge is 0.0594 e. The van der Waals surface area contributed by atoms with Crippen LogP contribution in [-0.2, 0) is 0 Å². The van der Waals surface area contributed by atoms with E-state index in [4.69, 9.17) is 0 Å². The fraction of sp³-hybridized carbons (Fsp3) is 0.389. The lowest BCUT2D eigenvalue weighted by Crippen LogP contribution is -2.20. The molecule has 1 unspecified atom stereocenters. The largest absolute Gasteiger partial charge is 0.309 e. The molecule has 0 spiro atoms. The molecular weight excluding hydrogens is 244 g/mol. The highest BCUT2D eigenvalue weighted by Crippen LogP contribution is 2.28. The minimum absolute atomic E-state index is 0.197. The van der Waals surface area contributed by atoms with Crippen molar-refractivity contribution in [3.8, 4) is 0 Å². The lowest BCUT2D eigenvalue weighted by molar-refractivity contribution is 0.677. The highest BCUT2D eigenvalue weighted by Gasteiger charge is 2.17. The van der Waals surface area contributed by atoms with E-state index in [0.717, 1.165) is 11.4 Å². The molecule has 1 N–H and O–H groups in total. The SMILES string of the molecule is CNC(c1cc(C)c(C)cc1C)c1ccc(C)nc1C. The first-order valence-corrected chi connectivity index (χ1v) is 7.13. The number of benzene rings is 1. The molecule has 1 aromatic heterocycles. The first-order valence-electron chi connectivity index (χ1n) is 7.13. The Hall–Kier alpha value is -1.67. The van der Waals surface area contributed by atoms with Crippen molar-refractivity contribution in [2.45, 2.75) is 40.7 Å². The van der Waals surface area contributed by atoms with Crippen molar-refractivity contribution < 1.29 is 0 Å². The van der Waals surface area contributed by atoms with E-state index in [-0.39, 0.29) is 6.04 Å². The van der Waals surface area contributed by atoms with Gasteiger partial charge in [-0.15, -0.1) is 0 Å². The number of aryl methyl sites for hydroxylation is 5. The molecule has 0 aliphatic carbocycles. The van der Waals surface area contributed by atoms with Gasteiger partial charge in [0.1, 0.15) is 0 Å². The third-order valence-corrected chi connectivity index (χ3v) is 4.06. The third-order valence-electron chi connectivity index (χ3n) is 4.06. The van der Waals surface area contributed by atoms with Gasteiger partial charge in [-0.05, 0) is 75.5 Å². The molecule has 106 valence electrons. The fourth-order valence-corrected chi connectivity index (χ4v) is 2.77. The molecule has 2 nitrogen and oxygen atoms in total. The summed E-state index contributed by atoms with van der Waals surface area (Å²) in [6, 6.07) is 9.04. The van der Waals surface area contributed by atoms with Crippen LogP contribution in [-0.4, -0.2) is 12.0 Å². The maximum atomic E-state index is 4.60. The summed E-state index contributed by atoms with van der Waals surface area (Å²) in [5, 5.41) is 3.44. The molecule has 20 heavy (non-hydrogen) atoms. The molecule has 0 bridgehead atoms. The van der Waals surface area contributed by atoms with Crippen molar-refractivity contribution in [3.05, 3.63) is 63.5 Å². The molecular formula is C18H24N2. The van der Waals surface area contributed by atoms with Crippen LogP contribution in [0.4, 0.5) is 0 Å². The molecule has 2 rings (SSSR count). The highest BCUT2D eigenvalue weighted by molar-refractivity contribution is 5.43. The van der Waals surface area contributed by atoms with Crippen molar-refractivity contribution in [1.29, 1.82) is 0 Å². The third kappa shape index (κ3) is 2.75. The molecule has 1 aromatic carbocycles. The van der Waals surface area contributed by atoms with Gasteiger partial charge in [-0.2, -0.15) is 0 Å². The lowest BCUT2D eigenvalue weighted by atomic mass is 9.91. The standard InChI is InChI=1S/C18H24N2/c1-11-9-13(3)17(10-12(11)2)18(19-6)16-8-7-14(4)20-15(16)5/h7-10,18-19H,1-6H3. The van der Waals surface area contributed by atoms with Crippen LogP contribution in [0.2, 0.25) is 0 Å². The first kappa shape index (κ1) is 14.7. The molecule has 0 radical (unpaired) electrons. The number of nitrogens with one attached hydrogen (secondary N) is 1. The zero-order valence-corrected chi connectivity index (χ0v) is 13.3. The number of aromatic nitrogens is 1. The van der Waals surface area contributed by atoms with Crippen LogP contribution < -0.4 is 5.32 Å². The van der Waals surface area contributed by atoms with Crippen LogP contribution in [0.1, 0.15) is 45.2 Å². The summed E-state index contributed by atoms with van der Waals surface area (Å²) < 4.78 is 0. The normalized spacial score (nSPS) is 12.5. The molecule has 0 amide bonds. The van der Waals surface area contributed by atoms with Crippen LogP contribution >= 0.6 is 0 Å². The predicted molar refractivity (Wildman–Crippen MR) is 85.3 cm³/mol. The lowest BCUT2D eigenvalue weighted by Gasteiger charge is -2.22. The minimum atomic E-state index is 0.197. The van der Waals surface area contributed by atoms with Crippen LogP contribution in [0.25, 0.3) is 0 Å². The maximum Gasteiger partial charge on any atom is 0.0594 e. The number of hydrogen-bond donors (Lipinski definition) is 1. The van der Waals surface area contributed by atoms with Gasteiger partial charge in [0.05, 0.1) is 6.04 Å². The molecule has 2 aromatic rings. The Morgan fingerprint density at radius 1 is 0.850 bits per heavy atom. The first-order chi connectivity index (χ1) is 9.43. The number of rotatable bonds is 3. The van der Waals surface area contributed by atoms with Gasteiger partial charge < -0.3 is 5.32 Å². The summed E-state index contributed by atoms with van der Waals surface area (Å²) in [5.74, 6) is 0. The van der Waals surface area contributed by atoms with Gasteiger partial charge in [0.2, 0.25) is 0 Å². The molecule has 0 fully saturated rings. The van der Waals surface area contributed by atoms with E-state index in [9.17, 15) is 0 Å². The number of hydrogen-bond acceptors (Lipinski definition) is 2. The van der Waals surface area contributed by atoms with Crippen LogP contribution in [0, 0.1) is 34.6 Å². The Labute approximate surface area is 122 Å². The quantitative estimate of drug-likeness (QED) is 0.912. The number of nitrogens with zero attached hydrogens (tertiary/aromatic N) is 1. The predicted octanol–water partition coefficient (Wildman–Crippen LogP) is 3.93. The zero-order chi connectivity index (χ0) is 14.9. The monoisotopic (exact) mass is 268 g/mol. The van der Waals surface area contributed by atoms with E-state index in [2.05, 4.69) is 62.3 Å². The average Bonchev–Trinajstić information content (AvgIpc) is 2.38. The summed E-state index contributed by atoms with van der Waals surface area (Å²) in [5.41, 5.74) is 8.77. The average molecular weight is 268 g/mol. The maximum absolute atomic E-state index is 4.60. The summed E-state index contributed by atoms with van der Waals surface area (Å²) in [4.78, 5) is 4.60. The molecule has 0 saturated heterocycles. The molecule has 1 heterocycles. The van der Waals surface area contributed by atoms with Crippen molar-refractivity contribution in [1.82, 2.24) is 10.3 Å². The van der Waals surface area contributed by atoms with Gasteiger partial charge in [-0.3, -0.25) is 4.98 Å². The summed E-state index contributed by atoms with van der Waals surface area (Å²) in [6.07, 6.45) is 0. The molecule has 1 atom stereocenters. The summed E-state index contributed by atoms with van der Waals surface area (Å²) >= 11 is 0. The highest BCUT2D eigenvalue weighted by atomic mass is 14.9. The van der Waals surface area contributed by atoms with Gasteiger partial charge in [0.15, 0.2) is 0 Å². The van der Waals surface area contributed by atoms with Gasteiger partial charge in [-0.25, -0.2) is 0 Å². The molecule has 0 saturated carbocycles. The van der Waals surface area contributed by atoms with E-state index in [1.807, 2.05) is 14.0 Å². The second-order valence-electron chi connectivity index (χ2n) is 5.64. The van der Waals surface area contributed by atoms with E-state index >= 15 is 0 Å². The van der Waals surface area contributed by atoms with E-state index in [1.54, 1.807) is 0 Å². The second-order valence-corrected chi connectivity index (χ2v) is 5.64. The van der Waals surface area contributed by atoms with Crippen LogP contribution in [0.15, 0.2) is 24.3 Å².